The summed E-state index contributed by atoms with van der Waals surface area (Å²) in [5.41, 5.74) is 0. The molecule has 0 heterocycles. The van der Waals surface area contributed by atoms with Gasteiger partial charge in [0.15, 0.2) is 0 Å². The molecule has 0 bridgehead atoms. The van der Waals surface area contributed by atoms with Gasteiger partial charge in [-0.05, 0) is 36.5 Å². The molecule has 2 rings (SSSR count). The highest BCUT2D eigenvalue weighted by molar-refractivity contribution is 4.89. The van der Waals surface area contributed by atoms with E-state index in [0.717, 1.165) is 17.8 Å². The Bertz CT molecular complexity index is 167. The lowest BCUT2D eigenvalue weighted by Gasteiger charge is -2.22. The molecule has 76 valence electrons. The first-order valence-electron chi connectivity index (χ1n) is 5.93. The van der Waals surface area contributed by atoms with Crippen molar-refractivity contribution in [2.75, 3.05) is 6.61 Å². The normalized spacial score (nSPS) is 45.7. The van der Waals surface area contributed by atoms with Crippen molar-refractivity contribution in [2.24, 2.45) is 23.7 Å². The van der Waals surface area contributed by atoms with Gasteiger partial charge in [0.1, 0.15) is 0 Å². The quantitative estimate of drug-likeness (QED) is 0.661. The summed E-state index contributed by atoms with van der Waals surface area (Å²) in [5, 5.41) is 9.37. The predicted octanol–water partition coefficient (Wildman–Crippen LogP) is 2.83. The largest absolute Gasteiger partial charge is 0.396 e. The summed E-state index contributed by atoms with van der Waals surface area (Å²) in [6, 6.07) is 0. The van der Waals surface area contributed by atoms with E-state index in [-0.39, 0.29) is 0 Å². The second kappa shape index (κ2) is 4.00. The van der Waals surface area contributed by atoms with E-state index in [0.29, 0.717) is 12.5 Å². The molecular weight excluding hydrogens is 160 g/mol. The van der Waals surface area contributed by atoms with Crippen LogP contribution in [-0.2, 0) is 0 Å². The molecule has 2 aliphatic carbocycles. The van der Waals surface area contributed by atoms with Gasteiger partial charge in [0.2, 0.25) is 0 Å². The zero-order chi connectivity index (χ0) is 9.26. The zero-order valence-corrected chi connectivity index (χ0v) is 8.71. The predicted molar refractivity (Wildman–Crippen MR) is 54.4 cm³/mol. The van der Waals surface area contributed by atoms with Gasteiger partial charge in [-0.3, -0.25) is 0 Å². The molecule has 0 aromatic heterocycles. The van der Waals surface area contributed by atoms with Gasteiger partial charge < -0.3 is 5.11 Å². The van der Waals surface area contributed by atoms with Gasteiger partial charge in [0.25, 0.3) is 0 Å². The molecular formula is C12H22O. The van der Waals surface area contributed by atoms with Gasteiger partial charge in [-0.2, -0.15) is 0 Å². The molecule has 2 aliphatic rings. The van der Waals surface area contributed by atoms with E-state index in [2.05, 4.69) is 6.92 Å². The number of rotatable bonds is 1. The first kappa shape index (κ1) is 9.51. The standard InChI is InChI=1S/C12H22O/c1-9-7-10-5-3-2-4-6-11(10)12(9)8-13/h9-13H,2-8H2,1H3/t9-,10+,11?,12?/m0/s1. The summed E-state index contributed by atoms with van der Waals surface area (Å²) in [5.74, 6) is 3.22. The summed E-state index contributed by atoms with van der Waals surface area (Å²) in [6.45, 7) is 2.76. The maximum absolute atomic E-state index is 9.37. The molecule has 1 heteroatoms. The van der Waals surface area contributed by atoms with E-state index in [1.54, 1.807) is 0 Å². The number of hydrogen-bond acceptors (Lipinski definition) is 1. The average molecular weight is 182 g/mol. The lowest BCUT2D eigenvalue weighted by molar-refractivity contribution is 0.152. The molecule has 0 radical (unpaired) electrons. The Morgan fingerprint density at radius 1 is 1.15 bits per heavy atom. The topological polar surface area (TPSA) is 20.2 Å². The molecule has 1 nitrogen and oxygen atoms in total. The van der Waals surface area contributed by atoms with E-state index in [4.69, 9.17) is 0 Å². The molecule has 0 amide bonds. The molecule has 0 spiro atoms. The number of aliphatic hydroxyl groups is 1. The van der Waals surface area contributed by atoms with Crippen molar-refractivity contribution in [3.63, 3.8) is 0 Å². The van der Waals surface area contributed by atoms with Crippen molar-refractivity contribution < 1.29 is 5.11 Å². The second-order valence-corrected chi connectivity index (χ2v) is 5.12. The maximum Gasteiger partial charge on any atom is 0.0464 e. The average Bonchev–Trinajstić information content (AvgIpc) is 2.32. The minimum Gasteiger partial charge on any atom is -0.396 e. The molecule has 0 aromatic carbocycles. The summed E-state index contributed by atoms with van der Waals surface area (Å²) in [6.07, 6.45) is 8.48. The van der Waals surface area contributed by atoms with Crippen LogP contribution in [0, 0.1) is 23.7 Å². The van der Waals surface area contributed by atoms with Crippen molar-refractivity contribution in [1.82, 2.24) is 0 Å². The fourth-order valence-corrected chi connectivity index (χ4v) is 3.66. The van der Waals surface area contributed by atoms with Crippen LogP contribution in [0.15, 0.2) is 0 Å². The van der Waals surface area contributed by atoms with E-state index in [9.17, 15) is 5.11 Å². The van der Waals surface area contributed by atoms with Crippen LogP contribution < -0.4 is 0 Å². The van der Waals surface area contributed by atoms with Gasteiger partial charge in [-0.25, -0.2) is 0 Å². The van der Waals surface area contributed by atoms with Crippen molar-refractivity contribution in [2.45, 2.75) is 45.4 Å². The van der Waals surface area contributed by atoms with Gasteiger partial charge in [0, 0.05) is 6.61 Å². The lowest BCUT2D eigenvalue weighted by Crippen LogP contribution is -2.19. The van der Waals surface area contributed by atoms with Gasteiger partial charge >= 0.3 is 0 Å². The van der Waals surface area contributed by atoms with Crippen molar-refractivity contribution in [3.8, 4) is 0 Å². The van der Waals surface area contributed by atoms with Crippen molar-refractivity contribution in [3.05, 3.63) is 0 Å². The summed E-state index contributed by atoms with van der Waals surface area (Å²) >= 11 is 0. The Morgan fingerprint density at radius 2 is 1.92 bits per heavy atom. The van der Waals surface area contributed by atoms with Crippen LogP contribution in [0.2, 0.25) is 0 Å². The lowest BCUT2D eigenvalue weighted by atomic mass is 9.85. The van der Waals surface area contributed by atoms with Crippen molar-refractivity contribution in [1.29, 1.82) is 0 Å². The molecule has 0 aliphatic heterocycles. The number of fused-ring (bicyclic) bond motifs is 1. The van der Waals surface area contributed by atoms with Crippen LogP contribution in [0.5, 0.6) is 0 Å². The molecule has 2 fully saturated rings. The zero-order valence-electron chi connectivity index (χ0n) is 8.71. The second-order valence-electron chi connectivity index (χ2n) is 5.12. The van der Waals surface area contributed by atoms with Crippen LogP contribution in [0.3, 0.4) is 0 Å². The highest BCUT2D eigenvalue weighted by Crippen LogP contribution is 2.47. The summed E-state index contributed by atoms with van der Waals surface area (Å²) in [4.78, 5) is 0. The molecule has 0 saturated heterocycles. The molecule has 2 unspecified atom stereocenters. The SMILES string of the molecule is C[C@H]1C[C@H]2CCCCCC2C1CO. The molecule has 0 aromatic rings. The fraction of sp³-hybridized carbons (Fsp3) is 1.00. The van der Waals surface area contributed by atoms with Gasteiger partial charge in [-0.1, -0.05) is 32.6 Å². The fourth-order valence-electron chi connectivity index (χ4n) is 3.66. The first-order valence-corrected chi connectivity index (χ1v) is 5.93. The number of hydrogen-bond donors (Lipinski definition) is 1. The number of aliphatic hydroxyl groups excluding tert-OH is 1. The first-order chi connectivity index (χ1) is 6.33. The minimum atomic E-state index is 0.433. The summed E-state index contributed by atoms with van der Waals surface area (Å²) < 4.78 is 0. The molecule has 13 heavy (non-hydrogen) atoms. The summed E-state index contributed by atoms with van der Waals surface area (Å²) in [7, 11) is 0. The highest BCUT2D eigenvalue weighted by atomic mass is 16.3. The van der Waals surface area contributed by atoms with Crippen LogP contribution in [0.1, 0.15) is 45.4 Å². The van der Waals surface area contributed by atoms with E-state index >= 15 is 0 Å². The Kier molecular flexibility index (Phi) is 2.92. The Hall–Kier alpha value is -0.0400. The van der Waals surface area contributed by atoms with E-state index < -0.39 is 0 Å². The monoisotopic (exact) mass is 182 g/mol. The van der Waals surface area contributed by atoms with Crippen LogP contribution in [-0.4, -0.2) is 11.7 Å². The Balaban J connectivity index is 2.05. The third kappa shape index (κ3) is 1.76. The van der Waals surface area contributed by atoms with E-state index in [1.165, 1.54) is 38.5 Å². The third-order valence-corrected chi connectivity index (χ3v) is 4.38. The van der Waals surface area contributed by atoms with Crippen LogP contribution in [0.25, 0.3) is 0 Å². The molecule has 4 atom stereocenters. The van der Waals surface area contributed by atoms with Crippen LogP contribution >= 0.6 is 0 Å². The van der Waals surface area contributed by atoms with E-state index in [1.807, 2.05) is 0 Å². The smallest absolute Gasteiger partial charge is 0.0464 e. The maximum atomic E-state index is 9.37. The Labute approximate surface area is 81.5 Å². The molecule has 2 saturated carbocycles. The van der Waals surface area contributed by atoms with Gasteiger partial charge in [0.05, 0.1) is 0 Å². The molecule has 1 N–H and O–H groups in total. The third-order valence-electron chi connectivity index (χ3n) is 4.38. The highest BCUT2D eigenvalue weighted by Gasteiger charge is 2.40. The van der Waals surface area contributed by atoms with Gasteiger partial charge in [-0.15, -0.1) is 0 Å². The minimum absolute atomic E-state index is 0.433. The van der Waals surface area contributed by atoms with Crippen LogP contribution in [0.4, 0.5) is 0 Å². The Morgan fingerprint density at radius 3 is 2.69 bits per heavy atom. The van der Waals surface area contributed by atoms with Crippen molar-refractivity contribution >= 4 is 0 Å².